The molecule has 0 aliphatic rings. The van der Waals surface area contributed by atoms with E-state index in [1.165, 1.54) is 56.8 Å². The van der Waals surface area contributed by atoms with Crippen molar-refractivity contribution >= 4 is 42.3 Å². The predicted octanol–water partition coefficient (Wildman–Crippen LogP) is 3.85. The van der Waals surface area contributed by atoms with Crippen molar-refractivity contribution in [3.05, 3.63) is 79.0 Å². The molecule has 3 aromatic carbocycles. The monoisotopic (exact) mass is 499 g/mol. The third-order valence-corrected chi connectivity index (χ3v) is 7.75. The van der Waals surface area contributed by atoms with E-state index in [0.717, 1.165) is 0 Å². The van der Waals surface area contributed by atoms with Crippen LogP contribution in [0.15, 0.2) is 88.8 Å². The van der Waals surface area contributed by atoms with Crippen molar-refractivity contribution in [2.24, 2.45) is 0 Å². The summed E-state index contributed by atoms with van der Waals surface area (Å²) in [4.78, 5) is 4.27. The van der Waals surface area contributed by atoms with E-state index in [1.807, 2.05) is 0 Å². The Labute approximate surface area is 197 Å². The van der Waals surface area contributed by atoms with Crippen molar-refractivity contribution in [3.63, 3.8) is 0 Å². The molecule has 0 amide bonds. The van der Waals surface area contributed by atoms with E-state index >= 15 is 0 Å². The fourth-order valence-electron chi connectivity index (χ4n) is 3.25. The molecule has 176 valence electrons. The van der Waals surface area contributed by atoms with Crippen LogP contribution >= 0.6 is 0 Å². The van der Waals surface area contributed by atoms with Gasteiger partial charge >= 0.3 is 0 Å². The van der Waals surface area contributed by atoms with Gasteiger partial charge < -0.3 is 9.47 Å². The number of hydrogen-bond donors (Lipinski definition) is 2. The molecule has 0 unspecified atom stereocenters. The lowest BCUT2D eigenvalue weighted by atomic mass is 10.1. The average Bonchev–Trinajstić information content (AvgIpc) is 2.85. The van der Waals surface area contributed by atoms with Crippen molar-refractivity contribution in [2.75, 3.05) is 23.7 Å². The highest BCUT2D eigenvalue weighted by atomic mass is 32.2. The van der Waals surface area contributed by atoms with E-state index < -0.39 is 20.0 Å². The number of anilines is 2. The molecule has 1 aromatic heterocycles. The molecule has 2 N–H and O–H groups in total. The minimum atomic E-state index is -3.95. The van der Waals surface area contributed by atoms with Crippen LogP contribution in [0.25, 0.3) is 10.8 Å². The summed E-state index contributed by atoms with van der Waals surface area (Å²) in [6, 6.07) is 18.6. The topological polar surface area (TPSA) is 124 Å². The van der Waals surface area contributed by atoms with Crippen molar-refractivity contribution in [2.45, 2.75) is 9.79 Å². The fraction of sp³-hybridized carbons (Fsp3) is 0.0870. The zero-order chi connectivity index (χ0) is 24.3. The van der Waals surface area contributed by atoms with Crippen molar-refractivity contribution in [1.29, 1.82) is 0 Å². The highest BCUT2D eigenvalue weighted by Crippen LogP contribution is 2.31. The van der Waals surface area contributed by atoms with E-state index in [2.05, 4.69) is 14.4 Å². The molecule has 1 heterocycles. The maximum Gasteiger partial charge on any atom is 0.263 e. The first-order chi connectivity index (χ1) is 16.2. The molecule has 4 rings (SSSR count). The van der Waals surface area contributed by atoms with E-state index in [0.29, 0.717) is 22.3 Å². The minimum Gasteiger partial charge on any atom is -0.497 e. The van der Waals surface area contributed by atoms with Crippen LogP contribution in [0.5, 0.6) is 11.5 Å². The number of ether oxygens (including phenoxy) is 2. The third-order valence-electron chi connectivity index (χ3n) is 5.01. The van der Waals surface area contributed by atoms with Crippen LogP contribution in [0.3, 0.4) is 0 Å². The van der Waals surface area contributed by atoms with Crippen molar-refractivity contribution in [1.82, 2.24) is 4.98 Å². The van der Waals surface area contributed by atoms with Gasteiger partial charge in [-0.25, -0.2) is 21.8 Å². The van der Waals surface area contributed by atoms with Gasteiger partial charge in [-0.2, -0.15) is 0 Å². The molecule has 0 saturated carbocycles. The number of fused-ring (bicyclic) bond motifs is 1. The molecule has 0 aliphatic carbocycles. The van der Waals surface area contributed by atoms with Gasteiger partial charge in [-0.15, -0.1) is 0 Å². The van der Waals surface area contributed by atoms with Gasteiger partial charge in [-0.3, -0.25) is 9.44 Å². The van der Waals surface area contributed by atoms with E-state index in [-0.39, 0.29) is 21.3 Å². The first-order valence-corrected chi connectivity index (χ1v) is 12.9. The van der Waals surface area contributed by atoms with Crippen LogP contribution in [-0.4, -0.2) is 36.0 Å². The molecule has 0 aliphatic heterocycles. The number of nitrogens with one attached hydrogen (secondary N) is 2. The van der Waals surface area contributed by atoms with Gasteiger partial charge in [-0.1, -0.05) is 24.3 Å². The number of aromatic nitrogens is 1. The smallest absolute Gasteiger partial charge is 0.263 e. The Morgan fingerprint density at radius 1 is 0.647 bits per heavy atom. The highest BCUT2D eigenvalue weighted by molar-refractivity contribution is 7.93. The Morgan fingerprint density at radius 2 is 1.12 bits per heavy atom. The fourth-order valence-corrected chi connectivity index (χ4v) is 5.35. The first kappa shape index (κ1) is 23.3. The Bertz CT molecular complexity index is 1420. The number of nitrogens with zero attached hydrogens (tertiary/aromatic N) is 1. The molecule has 0 atom stereocenters. The lowest BCUT2D eigenvalue weighted by molar-refractivity contribution is 0.414. The van der Waals surface area contributed by atoms with Crippen LogP contribution < -0.4 is 18.9 Å². The Balaban J connectivity index is 1.68. The molecule has 0 radical (unpaired) electrons. The molecule has 9 nitrogen and oxygen atoms in total. The number of methoxy groups -OCH3 is 2. The van der Waals surface area contributed by atoms with Gasteiger partial charge in [0, 0.05) is 10.8 Å². The van der Waals surface area contributed by atoms with Gasteiger partial charge in [0.25, 0.3) is 20.0 Å². The number of pyridine rings is 1. The van der Waals surface area contributed by atoms with Crippen molar-refractivity contribution in [3.8, 4) is 11.5 Å². The summed E-state index contributed by atoms with van der Waals surface area (Å²) in [6.45, 7) is 0. The van der Waals surface area contributed by atoms with Gasteiger partial charge in [0.1, 0.15) is 17.3 Å². The maximum atomic E-state index is 12.9. The highest BCUT2D eigenvalue weighted by Gasteiger charge is 2.20. The number of rotatable bonds is 8. The minimum absolute atomic E-state index is 0.0310. The Morgan fingerprint density at radius 3 is 1.62 bits per heavy atom. The van der Waals surface area contributed by atoms with Crippen LogP contribution in [0.1, 0.15) is 0 Å². The summed E-state index contributed by atoms with van der Waals surface area (Å²) in [7, 11) is -4.89. The summed E-state index contributed by atoms with van der Waals surface area (Å²) in [6.07, 6.45) is 1.27. The first-order valence-electron chi connectivity index (χ1n) is 9.95. The van der Waals surface area contributed by atoms with Crippen LogP contribution in [0.4, 0.5) is 11.5 Å². The SMILES string of the molecule is COc1ccc(S(=O)(=O)Nc2cnc(NS(=O)(=O)c3ccc(OC)cc3)c3ccccc23)cc1. The lowest BCUT2D eigenvalue weighted by Gasteiger charge is -2.14. The summed E-state index contributed by atoms with van der Waals surface area (Å²) in [5, 5.41) is 0.900. The Kier molecular flexibility index (Phi) is 6.31. The summed E-state index contributed by atoms with van der Waals surface area (Å²) in [5.74, 6) is 1.12. The summed E-state index contributed by atoms with van der Waals surface area (Å²) >= 11 is 0. The molecule has 4 aromatic rings. The molecular weight excluding hydrogens is 478 g/mol. The molecule has 0 bridgehead atoms. The molecule has 11 heteroatoms. The van der Waals surface area contributed by atoms with Gasteiger partial charge in [0.15, 0.2) is 0 Å². The second kappa shape index (κ2) is 9.20. The van der Waals surface area contributed by atoms with Crippen LogP contribution in [0.2, 0.25) is 0 Å². The van der Waals surface area contributed by atoms with E-state index in [9.17, 15) is 16.8 Å². The molecule has 0 spiro atoms. The number of benzene rings is 3. The largest absolute Gasteiger partial charge is 0.497 e. The normalized spacial score (nSPS) is 11.7. The zero-order valence-corrected chi connectivity index (χ0v) is 19.9. The van der Waals surface area contributed by atoms with Crippen LogP contribution in [-0.2, 0) is 20.0 Å². The quantitative estimate of drug-likeness (QED) is 0.377. The molecule has 0 saturated heterocycles. The second-order valence-corrected chi connectivity index (χ2v) is 10.5. The van der Waals surface area contributed by atoms with Gasteiger partial charge in [-0.05, 0) is 48.5 Å². The van der Waals surface area contributed by atoms with Crippen LogP contribution in [0, 0.1) is 0 Å². The molecule has 34 heavy (non-hydrogen) atoms. The standard InChI is InChI=1S/C23H21N3O6S2/c1-31-16-7-11-18(12-8-16)33(27,28)25-22-15-24-23(21-6-4-3-5-20(21)22)26-34(29,30)19-13-9-17(32-2)10-14-19/h3-15,25H,1-2H3,(H,24,26). The number of hydrogen-bond acceptors (Lipinski definition) is 7. The second-order valence-electron chi connectivity index (χ2n) is 7.13. The van der Waals surface area contributed by atoms with E-state index in [1.54, 1.807) is 36.4 Å². The predicted molar refractivity (Wildman–Crippen MR) is 129 cm³/mol. The molecule has 0 fully saturated rings. The maximum absolute atomic E-state index is 12.9. The zero-order valence-electron chi connectivity index (χ0n) is 18.2. The van der Waals surface area contributed by atoms with Gasteiger partial charge in [0.05, 0.1) is 35.9 Å². The number of sulfonamides is 2. The Hall–Kier alpha value is -3.83. The lowest BCUT2D eigenvalue weighted by Crippen LogP contribution is -2.16. The van der Waals surface area contributed by atoms with Gasteiger partial charge in [0.2, 0.25) is 0 Å². The average molecular weight is 500 g/mol. The van der Waals surface area contributed by atoms with E-state index in [4.69, 9.17) is 9.47 Å². The third kappa shape index (κ3) is 4.75. The molecular formula is C23H21N3O6S2. The summed E-state index contributed by atoms with van der Waals surface area (Å²) in [5.41, 5.74) is 0.207. The summed E-state index contributed by atoms with van der Waals surface area (Å²) < 4.78 is 66.7. The van der Waals surface area contributed by atoms with Crippen molar-refractivity contribution < 1.29 is 26.3 Å².